The molecule has 2 heterocycles. The Labute approximate surface area is 255 Å². The third-order valence-electron chi connectivity index (χ3n) is 7.45. The van der Waals surface area contributed by atoms with Gasteiger partial charge < -0.3 is 9.47 Å². The average molecular weight is 588 g/mol. The number of benzene rings is 4. The van der Waals surface area contributed by atoms with Gasteiger partial charge in [-0.25, -0.2) is 9.67 Å². The van der Waals surface area contributed by atoms with Gasteiger partial charge in [-0.15, -0.1) is 0 Å². The van der Waals surface area contributed by atoms with Crippen molar-refractivity contribution < 1.29 is 14.3 Å². The summed E-state index contributed by atoms with van der Waals surface area (Å²) in [7, 11) is 1.64. The number of carbonyl (C=O) groups is 1. The van der Waals surface area contributed by atoms with E-state index < -0.39 is 0 Å². The first-order chi connectivity index (χ1) is 21.0. The van der Waals surface area contributed by atoms with Crippen molar-refractivity contribution in [2.45, 2.75) is 25.9 Å². The summed E-state index contributed by atoms with van der Waals surface area (Å²) in [5.41, 5.74) is 6.29. The molecule has 2 aromatic heterocycles. The van der Waals surface area contributed by atoms with Gasteiger partial charge in [-0.05, 0) is 79.2 Å². The van der Waals surface area contributed by atoms with Crippen LogP contribution in [0.1, 0.15) is 29.8 Å². The number of rotatable bonds is 10. The van der Waals surface area contributed by atoms with E-state index in [0.29, 0.717) is 18.1 Å². The molecular formula is C36H30ClN3O3. The third kappa shape index (κ3) is 6.45. The molecule has 0 N–H and O–H groups in total. The second-order valence-electron chi connectivity index (χ2n) is 10.4. The lowest BCUT2D eigenvalue weighted by Crippen LogP contribution is -2.12. The number of nitrogens with zero attached hydrogens (tertiary/aromatic N) is 3. The maximum absolute atomic E-state index is 12.9. The first-order valence-corrected chi connectivity index (χ1v) is 14.4. The Morgan fingerprint density at radius 3 is 2.28 bits per heavy atom. The number of fused-ring (bicyclic) bond motifs is 1. The Morgan fingerprint density at radius 1 is 0.837 bits per heavy atom. The number of pyridine rings is 1. The largest absolute Gasteiger partial charge is 0.497 e. The summed E-state index contributed by atoms with van der Waals surface area (Å²) in [5, 5.41) is 6.70. The number of ketones is 1. The number of halogens is 1. The van der Waals surface area contributed by atoms with Gasteiger partial charge in [0.2, 0.25) is 0 Å². The fraction of sp³-hybridized carbons (Fsp3) is 0.139. The predicted octanol–water partition coefficient (Wildman–Crippen LogP) is 8.24. The first kappa shape index (κ1) is 28.2. The van der Waals surface area contributed by atoms with Crippen molar-refractivity contribution in [3.63, 3.8) is 0 Å². The fourth-order valence-electron chi connectivity index (χ4n) is 5.12. The van der Waals surface area contributed by atoms with E-state index in [2.05, 4.69) is 11.1 Å². The van der Waals surface area contributed by atoms with Gasteiger partial charge in [0.1, 0.15) is 23.9 Å². The van der Waals surface area contributed by atoms with E-state index in [9.17, 15) is 4.79 Å². The molecule has 214 valence electrons. The zero-order valence-corrected chi connectivity index (χ0v) is 24.7. The van der Waals surface area contributed by atoms with Crippen LogP contribution in [-0.4, -0.2) is 27.7 Å². The van der Waals surface area contributed by atoms with Gasteiger partial charge in [0.05, 0.1) is 35.4 Å². The maximum Gasteiger partial charge on any atom is 0.137 e. The first-order valence-electron chi connectivity index (χ1n) is 14.0. The minimum absolute atomic E-state index is 0.0704. The van der Waals surface area contributed by atoms with Crippen molar-refractivity contribution in [2.75, 3.05) is 7.11 Å². The zero-order valence-electron chi connectivity index (χ0n) is 23.9. The molecule has 0 saturated heterocycles. The highest BCUT2D eigenvalue weighted by atomic mass is 35.5. The number of hydrogen-bond donors (Lipinski definition) is 0. The quantitative estimate of drug-likeness (QED) is 0.161. The molecule has 43 heavy (non-hydrogen) atoms. The number of aromatic nitrogens is 3. The van der Waals surface area contributed by atoms with E-state index in [0.717, 1.165) is 56.3 Å². The number of hydrogen-bond acceptors (Lipinski definition) is 5. The Balaban J connectivity index is 1.22. The average Bonchev–Trinajstić information content (AvgIpc) is 3.47. The highest BCUT2D eigenvalue weighted by Gasteiger charge is 2.21. The van der Waals surface area contributed by atoms with Crippen molar-refractivity contribution in [3.8, 4) is 28.4 Å². The molecule has 0 bridgehead atoms. The van der Waals surface area contributed by atoms with E-state index in [4.69, 9.17) is 26.2 Å². The standard InChI is InChI=1S/C36H30ClN3O3/c1-24(41)34(25-10-17-33(18-11-25)43-23-29-14-9-26-5-3-4-6-35(26)38-29)21-30-22-36(27-7-12-28(37)13-8-27)40(39-30)31-15-19-32(42-2)20-16-31/h3-20,22,34H,21,23H2,1-2H3. The summed E-state index contributed by atoms with van der Waals surface area (Å²) >= 11 is 6.16. The van der Waals surface area contributed by atoms with Gasteiger partial charge in [0.15, 0.2) is 0 Å². The smallest absolute Gasteiger partial charge is 0.137 e. The van der Waals surface area contributed by atoms with E-state index in [-0.39, 0.29) is 11.7 Å². The van der Waals surface area contributed by atoms with Gasteiger partial charge >= 0.3 is 0 Å². The minimum atomic E-state index is -0.353. The number of Topliss-reactive ketones (excluding diaryl/α,β-unsaturated/α-hetero) is 1. The molecule has 0 fully saturated rings. The van der Waals surface area contributed by atoms with Crippen LogP contribution in [0.25, 0.3) is 27.8 Å². The van der Waals surface area contributed by atoms with Crippen LogP contribution in [0.4, 0.5) is 0 Å². The Hall–Kier alpha value is -4.94. The van der Waals surface area contributed by atoms with E-state index in [1.165, 1.54) is 0 Å². The molecule has 6 nitrogen and oxygen atoms in total. The number of methoxy groups -OCH3 is 1. The van der Waals surface area contributed by atoms with Crippen molar-refractivity contribution >= 4 is 28.3 Å². The van der Waals surface area contributed by atoms with Gasteiger partial charge in [0.25, 0.3) is 0 Å². The molecular weight excluding hydrogens is 558 g/mol. The van der Waals surface area contributed by atoms with E-state index >= 15 is 0 Å². The number of carbonyl (C=O) groups excluding carboxylic acids is 1. The van der Waals surface area contributed by atoms with Crippen molar-refractivity contribution in [1.82, 2.24) is 14.8 Å². The summed E-state index contributed by atoms with van der Waals surface area (Å²) in [6.07, 6.45) is 0.459. The number of para-hydroxylation sites is 1. The molecule has 0 radical (unpaired) electrons. The minimum Gasteiger partial charge on any atom is -0.497 e. The lowest BCUT2D eigenvalue weighted by molar-refractivity contribution is -0.118. The molecule has 1 atom stereocenters. The SMILES string of the molecule is COc1ccc(-n2nc(CC(C(C)=O)c3ccc(OCc4ccc5ccccc5n4)cc3)cc2-c2ccc(Cl)cc2)cc1. The molecule has 0 aliphatic heterocycles. The summed E-state index contributed by atoms with van der Waals surface area (Å²) in [5.74, 6) is 1.20. The van der Waals surface area contributed by atoms with Crippen molar-refractivity contribution in [3.05, 3.63) is 137 Å². The molecule has 0 saturated carbocycles. The fourth-order valence-corrected chi connectivity index (χ4v) is 5.25. The normalized spacial score (nSPS) is 11.8. The van der Waals surface area contributed by atoms with Crippen LogP contribution < -0.4 is 9.47 Å². The molecule has 7 heteroatoms. The highest BCUT2D eigenvalue weighted by Crippen LogP contribution is 2.30. The van der Waals surface area contributed by atoms with Crippen LogP contribution in [0.15, 0.2) is 115 Å². The van der Waals surface area contributed by atoms with Crippen LogP contribution >= 0.6 is 11.6 Å². The van der Waals surface area contributed by atoms with Crippen molar-refractivity contribution in [1.29, 1.82) is 0 Å². The van der Waals surface area contributed by atoms with Crippen LogP contribution in [0.2, 0.25) is 5.02 Å². The Bertz CT molecular complexity index is 1860. The van der Waals surface area contributed by atoms with Gasteiger partial charge in [-0.1, -0.05) is 60.1 Å². The molecule has 6 rings (SSSR count). The summed E-state index contributed by atoms with van der Waals surface area (Å²) in [6.45, 7) is 1.98. The maximum atomic E-state index is 12.9. The van der Waals surface area contributed by atoms with Gasteiger partial charge in [-0.2, -0.15) is 5.10 Å². The Morgan fingerprint density at radius 2 is 1.56 bits per heavy atom. The Kier molecular flexibility index (Phi) is 8.20. The van der Waals surface area contributed by atoms with Crippen molar-refractivity contribution in [2.24, 2.45) is 0 Å². The lowest BCUT2D eigenvalue weighted by atomic mass is 9.90. The summed E-state index contributed by atoms with van der Waals surface area (Å²) in [4.78, 5) is 17.6. The monoisotopic (exact) mass is 587 g/mol. The molecule has 0 aliphatic rings. The molecule has 0 amide bonds. The topological polar surface area (TPSA) is 66.2 Å². The molecule has 0 spiro atoms. The molecule has 6 aromatic rings. The summed E-state index contributed by atoms with van der Waals surface area (Å²) in [6, 6.07) is 37.2. The second kappa shape index (κ2) is 12.5. The zero-order chi connectivity index (χ0) is 29.8. The molecule has 4 aromatic carbocycles. The third-order valence-corrected chi connectivity index (χ3v) is 7.70. The lowest BCUT2D eigenvalue weighted by Gasteiger charge is -2.14. The highest BCUT2D eigenvalue weighted by molar-refractivity contribution is 6.30. The van der Waals surface area contributed by atoms with Crippen LogP contribution in [0.3, 0.4) is 0 Å². The van der Waals surface area contributed by atoms with Gasteiger partial charge in [-0.3, -0.25) is 4.79 Å². The predicted molar refractivity (Wildman–Crippen MR) is 170 cm³/mol. The van der Waals surface area contributed by atoms with E-state index in [1.54, 1.807) is 14.0 Å². The number of ether oxygens (including phenoxy) is 2. The van der Waals surface area contributed by atoms with E-state index in [1.807, 2.05) is 114 Å². The summed E-state index contributed by atoms with van der Waals surface area (Å²) < 4.78 is 13.2. The molecule has 0 aliphatic carbocycles. The van der Waals surface area contributed by atoms with Crippen LogP contribution in [0, 0.1) is 0 Å². The second-order valence-corrected chi connectivity index (χ2v) is 10.8. The van der Waals surface area contributed by atoms with Gasteiger partial charge in [0, 0.05) is 28.3 Å². The van der Waals surface area contributed by atoms with Crippen LogP contribution in [0.5, 0.6) is 11.5 Å². The molecule has 1 unspecified atom stereocenters. The van der Waals surface area contributed by atoms with Crippen LogP contribution in [-0.2, 0) is 17.8 Å².